The van der Waals surface area contributed by atoms with Gasteiger partial charge in [-0.25, -0.2) is 9.59 Å². The molecule has 2 unspecified atom stereocenters. The van der Waals surface area contributed by atoms with Crippen LogP contribution in [0.4, 0.5) is 0 Å². The van der Waals surface area contributed by atoms with E-state index < -0.39 is 22.8 Å². The molecule has 0 aliphatic carbocycles. The predicted molar refractivity (Wildman–Crippen MR) is 252 cm³/mol. The van der Waals surface area contributed by atoms with Crippen LogP contribution in [0.25, 0.3) is 0 Å². The summed E-state index contributed by atoms with van der Waals surface area (Å²) in [5.41, 5.74) is -1.21. The Labute approximate surface area is 379 Å². The van der Waals surface area contributed by atoms with Crippen LogP contribution in [-0.4, -0.2) is 76.7 Å². The summed E-state index contributed by atoms with van der Waals surface area (Å²) >= 11 is 0. The molecule has 362 valence electrons. The third kappa shape index (κ3) is 34.7. The van der Waals surface area contributed by atoms with Crippen LogP contribution in [0.3, 0.4) is 0 Å². The van der Waals surface area contributed by atoms with Gasteiger partial charge in [-0.15, -0.1) is 0 Å². The highest BCUT2D eigenvalue weighted by atomic mass is 16.6. The van der Waals surface area contributed by atoms with Gasteiger partial charge in [-0.2, -0.15) is 0 Å². The monoisotopic (exact) mass is 879 g/mol. The van der Waals surface area contributed by atoms with E-state index in [9.17, 15) is 19.2 Å². The van der Waals surface area contributed by atoms with Gasteiger partial charge < -0.3 is 28.4 Å². The Kier molecular flexibility index (Phi) is 40.4. The average Bonchev–Trinajstić information content (AvgIpc) is 3.29. The molecule has 0 aromatic heterocycles. The first-order chi connectivity index (χ1) is 30.1. The Morgan fingerprint density at radius 3 is 0.935 bits per heavy atom. The first kappa shape index (κ1) is 59.3. The quantitative estimate of drug-likeness (QED) is 0.0253. The van der Waals surface area contributed by atoms with E-state index in [2.05, 4.69) is 27.0 Å². The fourth-order valence-corrected chi connectivity index (χ4v) is 7.25. The molecular weight excluding hydrogens is 785 g/mol. The molecule has 0 spiro atoms. The molecule has 0 aromatic rings. The van der Waals surface area contributed by atoms with Crippen molar-refractivity contribution in [3.05, 3.63) is 25.3 Å². The highest BCUT2D eigenvalue weighted by Gasteiger charge is 2.34. The van der Waals surface area contributed by atoms with Crippen LogP contribution in [0.15, 0.2) is 25.3 Å². The summed E-state index contributed by atoms with van der Waals surface area (Å²) < 4.78 is 34.4. The van der Waals surface area contributed by atoms with Gasteiger partial charge in [-0.05, 0) is 38.5 Å². The van der Waals surface area contributed by atoms with E-state index in [0.29, 0.717) is 52.1 Å². The smallest absolute Gasteiger partial charge is 0.330 e. The average molecular weight is 879 g/mol. The summed E-state index contributed by atoms with van der Waals surface area (Å²) in [6.07, 6.45) is 34.4. The minimum Gasteiger partial charge on any atom is -0.465 e. The highest BCUT2D eigenvalue weighted by molar-refractivity contribution is 5.81. The van der Waals surface area contributed by atoms with E-state index in [-0.39, 0.29) is 38.4 Å². The first-order valence-electron chi connectivity index (χ1n) is 25.2. The third-order valence-electron chi connectivity index (χ3n) is 12.1. The van der Waals surface area contributed by atoms with Gasteiger partial charge in [0.2, 0.25) is 0 Å². The molecule has 0 aliphatic heterocycles. The van der Waals surface area contributed by atoms with Crippen LogP contribution in [0, 0.1) is 10.8 Å². The lowest BCUT2D eigenvalue weighted by molar-refractivity contribution is -0.157. The van der Waals surface area contributed by atoms with Gasteiger partial charge in [0, 0.05) is 38.2 Å². The van der Waals surface area contributed by atoms with Gasteiger partial charge in [0.05, 0.1) is 24.0 Å². The maximum atomic E-state index is 12.7. The van der Waals surface area contributed by atoms with Crippen molar-refractivity contribution < 1.29 is 47.6 Å². The van der Waals surface area contributed by atoms with Crippen molar-refractivity contribution in [1.29, 1.82) is 0 Å². The lowest BCUT2D eigenvalue weighted by atomic mass is 9.88. The molecule has 0 radical (unpaired) electrons. The maximum absolute atomic E-state index is 12.7. The third-order valence-corrected chi connectivity index (χ3v) is 12.1. The highest BCUT2D eigenvalue weighted by Crippen LogP contribution is 2.27. The van der Waals surface area contributed by atoms with Crippen molar-refractivity contribution in [3.63, 3.8) is 0 Å². The molecule has 0 saturated heterocycles. The van der Waals surface area contributed by atoms with Crippen LogP contribution in [-0.2, 0) is 47.6 Å². The molecule has 0 heterocycles. The SMILES string of the molecule is C=CC(=O)OCC(CC)(COCCCCCCCCCCCC)COC(=O)CCCCCCCCC(=O)OCC(CC)(COCCCCCCCCCCCC)COC(=O)C=C. The largest absolute Gasteiger partial charge is 0.465 e. The summed E-state index contributed by atoms with van der Waals surface area (Å²) in [4.78, 5) is 49.2. The van der Waals surface area contributed by atoms with Crippen molar-refractivity contribution >= 4 is 23.9 Å². The van der Waals surface area contributed by atoms with Crippen molar-refractivity contribution in [2.24, 2.45) is 10.8 Å². The first-order valence-corrected chi connectivity index (χ1v) is 25.2. The zero-order valence-electron chi connectivity index (χ0n) is 40.5. The number of esters is 4. The van der Waals surface area contributed by atoms with Crippen LogP contribution in [0.2, 0.25) is 0 Å². The second-order valence-electron chi connectivity index (χ2n) is 17.7. The Hall–Kier alpha value is -2.72. The van der Waals surface area contributed by atoms with Crippen LogP contribution in [0.5, 0.6) is 0 Å². The fraction of sp³-hybridized carbons (Fsp3) is 0.846. The molecule has 10 heteroatoms. The zero-order chi connectivity index (χ0) is 45.8. The molecule has 0 aromatic carbocycles. The summed E-state index contributed by atoms with van der Waals surface area (Å²) in [5.74, 6) is -1.53. The minimum absolute atomic E-state index is 0.103. The lowest BCUT2D eigenvalue weighted by Crippen LogP contribution is -2.38. The summed E-state index contributed by atoms with van der Waals surface area (Å²) in [7, 11) is 0. The van der Waals surface area contributed by atoms with Gasteiger partial charge in [0.1, 0.15) is 26.4 Å². The number of carbonyl (C=O) groups is 4. The van der Waals surface area contributed by atoms with Crippen molar-refractivity contribution in [2.75, 3.05) is 52.9 Å². The molecular formula is C52H94O10. The van der Waals surface area contributed by atoms with Crippen LogP contribution in [0.1, 0.15) is 220 Å². The molecule has 0 saturated carbocycles. The van der Waals surface area contributed by atoms with Crippen molar-refractivity contribution in [1.82, 2.24) is 0 Å². The van der Waals surface area contributed by atoms with Gasteiger partial charge in [0.25, 0.3) is 0 Å². The van der Waals surface area contributed by atoms with Crippen LogP contribution < -0.4 is 0 Å². The van der Waals surface area contributed by atoms with Crippen molar-refractivity contribution in [3.8, 4) is 0 Å². The number of rotatable bonds is 47. The number of hydrogen-bond donors (Lipinski definition) is 0. The fourth-order valence-electron chi connectivity index (χ4n) is 7.25. The van der Waals surface area contributed by atoms with E-state index >= 15 is 0 Å². The zero-order valence-corrected chi connectivity index (χ0v) is 40.5. The van der Waals surface area contributed by atoms with Gasteiger partial charge in [0.15, 0.2) is 0 Å². The molecule has 0 amide bonds. The molecule has 10 nitrogen and oxygen atoms in total. The number of ether oxygens (including phenoxy) is 6. The standard InChI is InChI=1S/C52H94O10/c1-7-13-15-17-19-21-23-27-31-35-39-57-41-51(11-5,43-59-47(53)9-3)45-61-49(55)37-33-29-25-26-30-34-38-50(56)62-46-52(12-6,44-60-48(54)10-4)42-58-40-36-32-28-24-22-20-18-16-14-8-2/h9-10H,3-4,7-8,11-46H2,1-2,5-6H3. The van der Waals surface area contributed by atoms with E-state index in [1.165, 1.54) is 103 Å². The number of hydrogen-bond acceptors (Lipinski definition) is 10. The van der Waals surface area contributed by atoms with E-state index in [1.807, 2.05) is 13.8 Å². The Morgan fingerprint density at radius 2 is 0.645 bits per heavy atom. The Balaban J connectivity index is 4.45. The minimum atomic E-state index is -0.607. The normalized spacial score (nSPS) is 13.2. The maximum Gasteiger partial charge on any atom is 0.330 e. The molecule has 0 N–H and O–H groups in total. The second-order valence-corrected chi connectivity index (χ2v) is 17.7. The number of carbonyl (C=O) groups excluding carboxylic acids is 4. The molecule has 0 rings (SSSR count). The summed E-state index contributed by atoms with van der Waals surface area (Å²) in [5, 5.41) is 0. The van der Waals surface area contributed by atoms with Gasteiger partial charge in [-0.1, -0.05) is 182 Å². The van der Waals surface area contributed by atoms with E-state index in [4.69, 9.17) is 28.4 Å². The molecule has 0 bridgehead atoms. The van der Waals surface area contributed by atoms with Gasteiger partial charge >= 0.3 is 23.9 Å². The topological polar surface area (TPSA) is 124 Å². The molecule has 0 aliphatic rings. The molecule has 0 fully saturated rings. The van der Waals surface area contributed by atoms with Gasteiger partial charge in [-0.3, -0.25) is 9.59 Å². The van der Waals surface area contributed by atoms with E-state index in [1.54, 1.807) is 0 Å². The lowest BCUT2D eigenvalue weighted by Gasteiger charge is -2.31. The number of unbranched alkanes of at least 4 members (excludes halogenated alkanes) is 23. The Morgan fingerprint density at radius 1 is 0.371 bits per heavy atom. The van der Waals surface area contributed by atoms with E-state index in [0.717, 1.165) is 76.4 Å². The Bertz CT molecular complexity index is 1040. The van der Waals surface area contributed by atoms with Crippen LogP contribution >= 0.6 is 0 Å². The second kappa shape index (κ2) is 42.2. The summed E-state index contributed by atoms with van der Waals surface area (Å²) in [6.45, 7) is 17.9. The van der Waals surface area contributed by atoms with Crippen molar-refractivity contribution in [2.45, 2.75) is 220 Å². The molecule has 62 heavy (non-hydrogen) atoms. The summed E-state index contributed by atoms with van der Waals surface area (Å²) in [6, 6.07) is 0. The molecule has 2 atom stereocenters. The predicted octanol–water partition coefficient (Wildman–Crippen LogP) is 13.3.